The molecule has 1 amide bonds. The van der Waals surface area contributed by atoms with E-state index in [1.54, 1.807) is 6.20 Å². The smallest absolute Gasteiger partial charge is 0.409 e. The first kappa shape index (κ1) is 10.4. The molecular weight excluding hydrogens is 234 g/mol. The van der Waals surface area contributed by atoms with Crippen LogP contribution in [0, 0.1) is 0 Å². The Labute approximate surface area is 94.7 Å². The molecule has 7 nitrogen and oxygen atoms in total. The van der Waals surface area contributed by atoms with E-state index in [1.807, 2.05) is 0 Å². The molecule has 0 aliphatic carbocycles. The van der Waals surface area contributed by atoms with E-state index >= 15 is 0 Å². The van der Waals surface area contributed by atoms with Crippen LogP contribution in [-0.4, -0.2) is 31.2 Å². The standard InChI is InChI=1S/C8H6ClN5O2/c9-6-3-5(12-8(15)16)4-10-7(6)14-2-1-11-13-14/h1-4,12H,(H,15,16). The SMILES string of the molecule is O=C(O)Nc1cnc(-n2ccnn2)c(Cl)c1. The summed E-state index contributed by atoms with van der Waals surface area (Å²) in [5, 5.41) is 18.3. The maximum Gasteiger partial charge on any atom is 0.409 e. The van der Waals surface area contributed by atoms with Gasteiger partial charge in [-0.15, -0.1) is 5.10 Å². The Morgan fingerprint density at radius 1 is 1.56 bits per heavy atom. The second-order valence-corrected chi connectivity index (χ2v) is 3.21. The number of halogens is 1. The largest absolute Gasteiger partial charge is 0.465 e. The van der Waals surface area contributed by atoms with Crippen LogP contribution in [0.15, 0.2) is 24.7 Å². The van der Waals surface area contributed by atoms with Crippen molar-refractivity contribution in [3.05, 3.63) is 29.7 Å². The molecule has 0 unspecified atom stereocenters. The van der Waals surface area contributed by atoms with Crippen molar-refractivity contribution in [2.24, 2.45) is 0 Å². The van der Waals surface area contributed by atoms with E-state index in [9.17, 15) is 4.79 Å². The highest BCUT2D eigenvalue weighted by Gasteiger charge is 2.07. The van der Waals surface area contributed by atoms with Crippen molar-refractivity contribution < 1.29 is 9.90 Å². The molecule has 8 heteroatoms. The van der Waals surface area contributed by atoms with Crippen LogP contribution < -0.4 is 5.32 Å². The van der Waals surface area contributed by atoms with Gasteiger partial charge in [-0.3, -0.25) is 5.32 Å². The summed E-state index contributed by atoms with van der Waals surface area (Å²) in [6.45, 7) is 0. The van der Waals surface area contributed by atoms with Gasteiger partial charge in [0.1, 0.15) is 0 Å². The molecule has 0 fully saturated rings. The molecule has 0 aliphatic rings. The lowest BCUT2D eigenvalue weighted by molar-refractivity contribution is 0.209. The summed E-state index contributed by atoms with van der Waals surface area (Å²) in [5.74, 6) is 0.384. The fourth-order valence-electron chi connectivity index (χ4n) is 1.11. The lowest BCUT2D eigenvalue weighted by atomic mass is 10.4. The van der Waals surface area contributed by atoms with Crippen LogP contribution in [0.4, 0.5) is 10.5 Å². The van der Waals surface area contributed by atoms with E-state index in [0.717, 1.165) is 0 Å². The van der Waals surface area contributed by atoms with Gasteiger partial charge >= 0.3 is 6.09 Å². The Morgan fingerprint density at radius 3 is 2.94 bits per heavy atom. The Hall–Kier alpha value is -2.15. The predicted molar refractivity (Wildman–Crippen MR) is 55.8 cm³/mol. The predicted octanol–water partition coefficient (Wildman–Crippen LogP) is 1.41. The average molecular weight is 240 g/mol. The average Bonchev–Trinajstić information content (AvgIpc) is 2.69. The number of anilines is 1. The molecule has 0 aromatic carbocycles. The van der Waals surface area contributed by atoms with Gasteiger partial charge in [-0.1, -0.05) is 16.8 Å². The number of amides is 1. The summed E-state index contributed by atoms with van der Waals surface area (Å²) in [6, 6.07) is 1.44. The highest BCUT2D eigenvalue weighted by atomic mass is 35.5. The molecule has 82 valence electrons. The van der Waals surface area contributed by atoms with Gasteiger partial charge in [0.2, 0.25) is 0 Å². The molecule has 0 spiro atoms. The first-order valence-electron chi connectivity index (χ1n) is 4.19. The summed E-state index contributed by atoms with van der Waals surface area (Å²) < 4.78 is 1.38. The topological polar surface area (TPSA) is 92.9 Å². The number of carbonyl (C=O) groups is 1. The highest BCUT2D eigenvalue weighted by molar-refractivity contribution is 6.32. The van der Waals surface area contributed by atoms with Gasteiger partial charge in [-0.05, 0) is 6.07 Å². The van der Waals surface area contributed by atoms with Crippen molar-refractivity contribution in [2.45, 2.75) is 0 Å². The third-order valence-corrected chi connectivity index (χ3v) is 1.99. The van der Waals surface area contributed by atoms with Crippen LogP contribution in [0.3, 0.4) is 0 Å². The van der Waals surface area contributed by atoms with Gasteiger partial charge in [0.25, 0.3) is 0 Å². The maximum absolute atomic E-state index is 10.4. The van der Waals surface area contributed by atoms with Crippen molar-refractivity contribution in [3.8, 4) is 5.82 Å². The third-order valence-electron chi connectivity index (χ3n) is 1.71. The Kier molecular flexibility index (Phi) is 2.69. The minimum Gasteiger partial charge on any atom is -0.465 e. The maximum atomic E-state index is 10.4. The summed E-state index contributed by atoms with van der Waals surface area (Å²) in [6.07, 6.45) is 3.24. The zero-order valence-electron chi connectivity index (χ0n) is 7.83. The van der Waals surface area contributed by atoms with E-state index in [4.69, 9.17) is 16.7 Å². The molecule has 0 bridgehead atoms. The number of aromatic nitrogens is 4. The number of nitrogens with one attached hydrogen (secondary N) is 1. The molecule has 0 atom stereocenters. The Balaban J connectivity index is 2.34. The number of carboxylic acid groups (broad SMARTS) is 1. The summed E-state index contributed by atoms with van der Waals surface area (Å²) in [5.41, 5.74) is 0.293. The molecule has 0 saturated carbocycles. The number of rotatable bonds is 2. The molecule has 2 heterocycles. The van der Waals surface area contributed by atoms with Crippen molar-refractivity contribution in [1.82, 2.24) is 20.0 Å². The van der Waals surface area contributed by atoms with Gasteiger partial charge < -0.3 is 5.11 Å². The minimum atomic E-state index is -1.17. The number of nitrogens with zero attached hydrogens (tertiary/aromatic N) is 4. The van der Waals surface area contributed by atoms with Crippen LogP contribution in [0.1, 0.15) is 0 Å². The highest BCUT2D eigenvalue weighted by Crippen LogP contribution is 2.20. The van der Waals surface area contributed by atoms with E-state index in [0.29, 0.717) is 11.5 Å². The van der Waals surface area contributed by atoms with Gasteiger partial charge in [0.05, 0.1) is 29.3 Å². The van der Waals surface area contributed by atoms with Gasteiger partial charge in [-0.25, -0.2) is 14.5 Å². The number of hydrogen-bond donors (Lipinski definition) is 2. The van der Waals surface area contributed by atoms with Gasteiger partial charge in [0, 0.05) is 0 Å². The van der Waals surface area contributed by atoms with Gasteiger partial charge in [-0.2, -0.15) is 0 Å². The summed E-state index contributed by atoms with van der Waals surface area (Å²) in [7, 11) is 0. The Bertz CT molecular complexity index is 513. The molecule has 2 aromatic heterocycles. The lowest BCUT2D eigenvalue weighted by Crippen LogP contribution is -2.08. The second-order valence-electron chi connectivity index (χ2n) is 2.81. The normalized spacial score (nSPS) is 10.1. The zero-order valence-corrected chi connectivity index (χ0v) is 8.59. The molecule has 2 aromatic rings. The minimum absolute atomic E-state index is 0.275. The van der Waals surface area contributed by atoms with E-state index in [1.165, 1.54) is 23.1 Å². The zero-order chi connectivity index (χ0) is 11.5. The van der Waals surface area contributed by atoms with Crippen LogP contribution in [0.5, 0.6) is 0 Å². The molecule has 16 heavy (non-hydrogen) atoms. The first-order valence-corrected chi connectivity index (χ1v) is 4.57. The Morgan fingerprint density at radius 2 is 2.38 bits per heavy atom. The van der Waals surface area contributed by atoms with E-state index in [-0.39, 0.29) is 5.02 Å². The number of pyridine rings is 1. The molecular formula is C8H6ClN5O2. The fourth-order valence-corrected chi connectivity index (χ4v) is 1.37. The van der Waals surface area contributed by atoms with Crippen LogP contribution >= 0.6 is 11.6 Å². The first-order chi connectivity index (χ1) is 7.66. The molecule has 0 radical (unpaired) electrons. The molecule has 2 N–H and O–H groups in total. The van der Waals surface area contributed by atoms with E-state index in [2.05, 4.69) is 20.6 Å². The fraction of sp³-hybridized carbons (Fsp3) is 0. The van der Waals surface area contributed by atoms with Crippen molar-refractivity contribution in [1.29, 1.82) is 0 Å². The molecule has 0 saturated heterocycles. The van der Waals surface area contributed by atoms with E-state index < -0.39 is 6.09 Å². The van der Waals surface area contributed by atoms with Crippen molar-refractivity contribution in [2.75, 3.05) is 5.32 Å². The monoisotopic (exact) mass is 239 g/mol. The summed E-state index contributed by atoms with van der Waals surface area (Å²) in [4.78, 5) is 14.4. The third kappa shape index (κ3) is 2.09. The van der Waals surface area contributed by atoms with Crippen LogP contribution in [-0.2, 0) is 0 Å². The molecule has 0 aliphatic heterocycles. The van der Waals surface area contributed by atoms with Crippen molar-refractivity contribution in [3.63, 3.8) is 0 Å². The van der Waals surface area contributed by atoms with Gasteiger partial charge in [0.15, 0.2) is 5.82 Å². The quantitative estimate of drug-likeness (QED) is 0.826. The second kappa shape index (κ2) is 4.15. The van der Waals surface area contributed by atoms with Crippen molar-refractivity contribution >= 4 is 23.4 Å². The van der Waals surface area contributed by atoms with Crippen LogP contribution in [0.2, 0.25) is 5.02 Å². The lowest BCUT2D eigenvalue weighted by Gasteiger charge is -2.04. The summed E-state index contributed by atoms with van der Waals surface area (Å²) >= 11 is 5.92. The number of hydrogen-bond acceptors (Lipinski definition) is 4. The molecule has 2 rings (SSSR count). The van der Waals surface area contributed by atoms with Crippen LogP contribution in [0.25, 0.3) is 5.82 Å².